The second-order valence-corrected chi connectivity index (χ2v) is 4.87. The van der Waals surface area contributed by atoms with E-state index >= 15 is 0 Å². The van der Waals surface area contributed by atoms with Gasteiger partial charge in [-0.25, -0.2) is 0 Å². The maximum atomic E-state index is 11.6. The van der Waals surface area contributed by atoms with E-state index < -0.39 is 0 Å². The molecule has 1 aliphatic heterocycles. The van der Waals surface area contributed by atoms with E-state index in [9.17, 15) is 9.59 Å². The van der Waals surface area contributed by atoms with Gasteiger partial charge in [0, 0.05) is 0 Å². The van der Waals surface area contributed by atoms with Crippen molar-refractivity contribution in [1.82, 2.24) is 0 Å². The molecule has 3 heteroatoms. The third kappa shape index (κ3) is 0.715. The second-order valence-electron chi connectivity index (χ2n) is 4.87. The molecule has 0 aromatic carbocycles. The van der Waals surface area contributed by atoms with Crippen molar-refractivity contribution < 1.29 is 14.3 Å². The zero-order chi connectivity index (χ0) is 10.2. The fourth-order valence-corrected chi connectivity index (χ4v) is 3.69. The lowest BCUT2D eigenvalue weighted by atomic mass is 9.50. The Hall–Kier alpha value is -1.38. The van der Waals surface area contributed by atoms with Crippen LogP contribution in [0.1, 0.15) is 0 Å². The first-order chi connectivity index (χ1) is 7.27. The molecular formula is C12H10O3. The lowest BCUT2D eigenvalue weighted by Crippen LogP contribution is -2.50. The molecule has 2 fully saturated rings. The van der Waals surface area contributed by atoms with Crippen molar-refractivity contribution in [3.05, 3.63) is 24.3 Å². The van der Waals surface area contributed by atoms with Crippen LogP contribution >= 0.6 is 0 Å². The van der Waals surface area contributed by atoms with Crippen LogP contribution in [0.2, 0.25) is 0 Å². The van der Waals surface area contributed by atoms with E-state index in [0.717, 1.165) is 0 Å². The zero-order valence-corrected chi connectivity index (χ0v) is 8.00. The van der Waals surface area contributed by atoms with Crippen molar-refractivity contribution >= 4 is 11.9 Å². The van der Waals surface area contributed by atoms with Crippen LogP contribution in [0.5, 0.6) is 0 Å². The smallest absolute Gasteiger partial charge is 0.318 e. The van der Waals surface area contributed by atoms with Crippen LogP contribution < -0.4 is 0 Å². The molecule has 5 aliphatic rings. The quantitative estimate of drug-likeness (QED) is 0.333. The Balaban J connectivity index is 1.88. The van der Waals surface area contributed by atoms with Gasteiger partial charge in [0.2, 0.25) is 0 Å². The Labute approximate surface area is 86.8 Å². The van der Waals surface area contributed by atoms with Gasteiger partial charge < -0.3 is 4.74 Å². The summed E-state index contributed by atoms with van der Waals surface area (Å²) in [5.74, 6) is 0.353. The molecule has 76 valence electrons. The molecule has 1 heterocycles. The van der Waals surface area contributed by atoms with E-state index in [2.05, 4.69) is 24.3 Å². The fourth-order valence-electron chi connectivity index (χ4n) is 3.69. The number of carbonyl (C=O) groups is 2. The third-order valence-corrected chi connectivity index (χ3v) is 4.41. The minimum Gasteiger partial charge on any atom is -0.393 e. The highest BCUT2D eigenvalue weighted by molar-refractivity contribution is 5.97. The summed E-state index contributed by atoms with van der Waals surface area (Å²) in [5, 5.41) is 0. The molecule has 2 bridgehead atoms. The minimum absolute atomic E-state index is 0.196. The van der Waals surface area contributed by atoms with E-state index in [1.165, 1.54) is 0 Å². The van der Waals surface area contributed by atoms with Gasteiger partial charge in [-0.15, -0.1) is 0 Å². The van der Waals surface area contributed by atoms with Crippen molar-refractivity contribution in [3.8, 4) is 0 Å². The van der Waals surface area contributed by atoms with Crippen molar-refractivity contribution in [2.45, 2.75) is 0 Å². The summed E-state index contributed by atoms with van der Waals surface area (Å²) >= 11 is 0. The molecule has 0 N–H and O–H groups in total. The molecule has 4 aliphatic carbocycles. The molecular weight excluding hydrogens is 192 g/mol. The maximum absolute atomic E-state index is 11.6. The molecule has 0 aromatic heterocycles. The SMILES string of the molecule is O=C1OC(=O)[C@H]2[C@H]3C=C[C@@H]([C@@H]4C=C[C@H]43)[C@@H]12. The van der Waals surface area contributed by atoms with Gasteiger partial charge in [0.15, 0.2) is 0 Å². The van der Waals surface area contributed by atoms with Gasteiger partial charge in [-0.2, -0.15) is 0 Å². The first-order valence-electron chi connectivity index (χ1n) is 5.39. The number of ether oxygens (including phenoxy) is 1. The van der Waals surface area contributed by atoms with E-state index in [0.29, 0.717) is 11.8 Å². The van der Waals surface area contributed by atoms with Crippen LogP contribution in [0.25, 0.3) is 0 Å². The average molecular weight is 202 g/mol. The van der Waals surface area contributed by atoms with Gasteiger partial charge in [-0.3, -0.25) is 9.59 Å². The zero-order valence-electron chi connectivity index (χ0n) is 8.00. The number of esters is 2. The number of allylic oxidation sites excluding steroid dienone is 4. The normalized spacial score (nSPS) is 53.6. The van der Waals surface area contributed by atoms with Gasteiger partial charge in [0.05, 0.1) is 11.8 Å². The second kappa shape index (κ2) is 2.23. The number of cyclic esters (lactones) is 2. The third-order valence-electron chi connectivity index (χ3n) is 4.41. The Morgan fingerprint density at radius 1 is 0.733 bits per heavy atom. The molecule has 0 amide bonds. The van der Waals surface area contributed by atoms with Crippen molar-refractivity contribution in [2.24, 2.45) is 35.5 Å². The summed E-state index contributed by atoms with van der Waals surface area (Å²) < 4.78 is 4.77. The molecule has 6 atom stereocenters. The number of carbonyl (C=O) groups excluding carboxylic acids is 2. The van der Waals surface area contributed by atoms with Crippen molar-refractivity contribution in [3.63, 3.8) is 0 Å². The maximum Gasteiger partial charge on any atom is 0.318 e. The number of hydrogen-bond donors (Lipinski definition) is 0. The van der Waals surface area contributed by atoms with Crippen molar-refractivity contribution in [1.29, 1.82) is 0 Å². The first-order valence-corrected chi connectivity index (χ1v) is 5.39. The molecule has 0 spiro atoms. The lowest BCUT2D eigenvalue weighted by molar-refractivity contribution is -0.154. The Kier molecular flexibility index (Phi) is 1.17. The van der Waals surface area contributed by atoms with Gasteiger partial charge in [-0.1, -0.05) is 24.3 Å². The summed E-state index contributed by atoms with van der Waals surface area (Å²) in [4.78, 5) is 23.2. The molecule has 0 radical (unpaired) electrons. The van der Waals surface area contributed by atoms with Gasteiger partial charge in [-0.05, 0) is 23.7 Å². The minimum atomic E-state index is -0.303. The summed E-state index contributed by atoms with van der Waals surface area (Å²) in [6.45, 7) is 0. The molecule has 15 heavy (non-hydrogen) atoms. The Morgan fingerprint density at radius 2 is 1.13 bits per heavy atom. The van der Waals surface area contributed by atoms with Crippen LogP contribution in [0.15, 0.2) is 24.3 Å². The Morgan fingerprint density at radius 3 is 1.53 bits per heavy atom. The average Bonchev–Trinajstić information content (AvgIpc) is 2.44. The standard InChI is InChI=1S/C12H10O3/c13-11-9-7-3-4-8(6-2-1-5(6)7)10(9)12(14)15-11/h1-10H/t5-,6-,7+,8+,9-,10+/m1/s1. The fraction of sp³-hybridized carbons (Fsp3) is 0.500. The highest BCUT2D eigenvalue weighted by Gasteiger charge is 2.61. The number of hydrogen-bond acceptors (Lipinski definition) is 3. The van der Waals surface area contributed by atoms with E-state index in [4.69, 9.17) is 4.74 Å². The predicted molar refractivity (Wildman–Crippen MR) is 50.3 cm³/mol. The first kappa shape index (κ1) is 7.85. The number of rotatable bonds is 0. The Bertz CT molecular complexity index is 396. The predicted octanol–water partition coefficient (Wildman–Crippen LogP) is 0.920. The summed E-state index contributed by atoms with van der Waals surface area (Å²) in [7, 11) is 0. The van der Waals surface area contributed by atoms with Gasteiger partial charge in [0.25, 0.3) is 0 Å². The molecule has 0 aromatic rings. The summed E-state index contributed by atoms with van der Waals surface area (Å²) in [6, 6.07) is 0. The monoisotopic (exact) mass is 202 g/mol. The molecule has 1 saturated heterocycles. The van der Waals surface area contributed by atoms with Crippen LogP contribution in [0.4, 0.5) is 0 Å². The van der Waals surface area contributed by atoms with Crippen LogP contribution in [-0.4, -0.2) is 11.9 Å². The van der Waals surface area contributed by atoms with E-state index in [1.54, 1.807) is 0 Å². The van der Waals surface area contributed by atoms with E-state index in [1.807, 2.05) is 0 Å². The molecule has 3 nitrogen and oxygen atoms in total. The molecule has 1 saturated carbocycles. The van der Waals surface area contributed by atoms with Crippen LogP contribution in [-0.2, 0) is 14.3 Å². The molecule has 0 unspecified atom stereocenters. The van der Waals surface area contributed by atoms with Crippen molar-refractivity contribution in [2.75, 3.05) is 0 Å². The van der Waals surface area contributed by atoms with Gasteiger partial charge >= 0.3 is 11.9 Å². The lowest BCUT2D eigenvalue weighted by Gasteiger charge is -2.51. The summed E-state index contributed by atoms with van der Waals surface area (Å²) in [5.41, 5.74) is 0. The topological polar surface area (TPSA) is 43.4 Å². The van der Waals surface area contributed by atoms with E-state index in [-0.39, 0.29) is 35.6 Å². The van der Waals surface area contributed by atoms with Gasteiger partial charge in [0.1, 0.15) is 0 Å². The highest BCUT2D eigenvalue weighted by Crippen LogP contribution is 2.58. The van der Waals surface area contributed by atoms with Crippen LogP contribution in [0.3, 0.4) is 0 Å². The largest absolute Gasteiger partial charge is 0.393 e. The van der Waals surface area contributed by atoms with Crippen LogP contribution in [0, 0.1) is 35.5 Å². The molecule has 5 rings (SSSR count). The summed E-state index contributed by atoms with van der Waals surface area (Å²) in [6.07, 6.45) is 8.54. The highest BCUT2D eigenvalue weighted by atomic mass is 16.6.